The summed E-state index contributed by atoms with van der Waals surface area (Å²) in [6.07, 6.45) is 1.48. The summed E-state index contributed by atoms with van der Waals surface area (Å²) in [4.78, 5) is 50.0. The third-order valence-corrected chi connectivity index (χ3v) is 8.09. The van der Waals surface area contributed by atoms with Gasteiger partial charge in [0.25, 0.3) is 11.8 Å². The Morgan fingerprint density at radius 1 is 1.04 bits per heavy atom. The van der Waals surface area contributed by atoms with E-state index in [2.05, 4.69) is 25.6 Å². The molecule has 1 fully saturated rings. The Bertz CT molecular complexity index is 1540. The Labute approximate surface area is 261 Å². The molecule has 0 spiro atoms. The fourth-order valence-corrected chi connectivity index (χ4v) is 5.60. The highest BCUT2D eigenvalue weighted by atomic mass is 19.3. The molecule has 2 aliphatic heterocycles. The van der Waals surface area contributed by atoms with Crippen LogP contribution in [-0.2, 0) is 19.1 Å². The van der Waals surface area contributed by atoms with Gasteiger partial charge in [0.05, 0.1) is 11.3 Å². The number of pyridine rings is 1. The second-order valence-corrected chi connectivity index (χ2v) is 12.0. The third kappa shape index (κ3) is 7.06. The summed E-state index contributed by atoms with van der Waals surface area (Å²) < 4.78 is 30.0. The molecule has 0 saturated carbocycles. The number of anilines is 2. The van der Waals surface area contributed by atoms with E-state index < -0.39 is 12.0 Å². The van der Waals surface area contributed by atoms with Crippen molar-refractivity contribution in [2.75, 3.05) is 64.1 Å². The number of amides is 4. The van der Waals surface area contributed by atoms with Gasteiger partial charge in [-0.1, -0.05) is 19.1 Å². The van der Waals surface area contributed by atoms with Gasteiger partial charge in [0, 0.05) is 90.2 Å². The summed E-state index contributed by atoms with van der Waals surface area (Å²) in [5, 5.41) is 9.82. The summed E-state index contributed by atoms with van der Waals surface area (Å²) >= 11 is 0. The van der Waals surface area contributed by atoms with Gasteiger partial charge in [-0.05, 0) is 36.9 Å². The summed E-state index contributed by atoms with van der Waals surface area (Å²) in [6, 6.07) is 7.00. The largest absolute Gasteiger partial charge is 0.351 e. The molecule has 12 nitrogen and oxygen atoms in total. The van der Waals surface area contributed by atoms with Crippen LogP contribution in [0.5, 0.6) is 0 Å². The van der Waals surface area contributed by atoms with E-state index in [0.29, 0.717) is 52.6 Å². The maximum atomic E-state index is 14.7. The van der Waals surface area contributed by atoms with Crippen LogP contribution < -0.4 is 15.5 Å². The lowest BCUT2D eigenvalue weighted by Gasteiger charge is -2.33. The number of fused-ring (bicyclic) bond motifs is 1. The molecule has 0 unspecified atom stereocenters. The molecule has 240 valence electrons. The van der Waals surface area contributed by atoms with Gasteiger partial charge < -0.3 is 30.2 Å². The number of carbonyl (C=O) groups is 3. The van der Waals surface area contributed by atoms with Crippen LogP contribution in [0.3, 0.4) is 0 Å². The van der Waals surface area contributed by atoms with E-state index in [0.717, 1.165) is 25.6 Å². The van der Waals surface area contributed by atoms with Gasteiger partial charge >= 0.3 is 12.1 Å². The number of rotatable bonds is 7. The van der Waals surface area contributed by atoms with Crippen molar-refractivity contribution in [2.24, 2.45) is 0 Å². The maximum absolute atomic E-state index is 14.7. The van der Waals surface area contributed by atoms with Crippen molar-refractivity contribution < 1.29 is 23.2 Å². The van der Waals surface area contributed by atoms with Crippen LogP contribution >= 0.6 is 0 Å². The number of halogens is 2. The zero-order valence-corrected chi connectivity index (χ0v) is 26.2. The number of benzene rings is 1. The van der Waals surface area contributed by atoms with E-state index >= 15 is 0 Å². The number of nitrogens with one attached hydrogen (secondary N) is 2. The van der Waals surface area contributed by atoms with Crippen molar-refractivity contribution in [1.29, 1.82) is 0 Å². The number of aromatic nitrogens is 3. The predicted molar refractivity (Wildman–Crippen MR) is 166 cm³/mol. The van der Waals surface area contributed by atoms with Crippen molar-refractivity contribution in [1.82, 2.24) is 34.8 Å². The third-order valence-electron chi connectivity index (χ3n) is 8.09. The smallest absolute Gasteiger partial charge is 0.341 e. The number of hydrogen-bond acceptors (Lipinski definition) is 7. The van der Waals surface area contributed by atoms with Crippen molar-refractivity contribution in [3.8, 4) is 0 Å². The quantitative estimate of drug-likeness (QED) is 0.414. The van der Waals surface area contributed by atoms with E-state index in [-0.39, 0.29) is 36.6 Å². The van der Waals surface area contributed by atoms with Crippen molar-refractivity contribution >= 4 is 29.4 Å². The molecular formula is C31H39F2N9O3. The summed E-state index contributed by atoms with van der Waals surface area (Å²) in [5.41, 5.74) is 2.47. The lowest BCUT2D eigenvalue weighted by atomic mass is 9.95. The van der Waals surface area contributed by atoms with Crippen molar-refractivity contribution in [3.63, 3.8) is 0 Å². The molecule has 3 aromatic rings. The molecular weight excluding hydrogens is 584 g/mol. The zero-order chi connectivity index (χ0) is 32.5. The summed E-state index contributed by atoms with van der Waals surface area (Å²) in [5.74, 6) is -0.577. The fourth-order valence-electron chi connectivity index (χ4n) is 5.60. The first-order valence-electron chi connectivity index (χ1n) is 14.9. The average Bonchev–Trinajstić information content (AvgIpc) is 3.42. The van der Waals surface area contributed by atoms with E-state index in [1.165, 1.54) is 11.1 Å². The SMILES string of the molecule is C[C@H]1CN(c2ccc(C(=O)N(C)C)cn2)Cc2c(C(=O)NCc3ccc(NC(=O)N4CCN(C)CC4)cc3)nn(C(C)(F)F)c21. The first-order valence-corrected chi connectivity index (χ1v) is 14.9. The summed E-state index contributed by atoms with van der Waals surface area (Å²) in [6.45, 7) is 6.19. The Morgan fingerprint density at radius 3 is 2.33 bits per heavy atom. The second kappa shape index (κ2) is 12.8. The molecule has 4 amide bonds. The topological polar surface area (TPSA) is 119 Å². The van der Waals surface area contributed by atoms with E-state index in [1.807, 2.05) is 18.9 Å². The minimum Gasteiger partial charge on any atom is -0.351 e. The number of alkyl halides is 2. The lowest BCUT2D eigenvalue weighted by molar-refractivity contribution is -0.0755. The molecule has 0 bridgehead atoms. The minimum absolute atomic E-state index is 0.0708. The second-order valence-electron chi connectivity index (χ2n) is 12.0. The normalized spacial score (nSPS) is 17.1. The van der Waals surface area contributed by atoms with Crippen LogP contribution in [-0.4, -0.2) is 101 Å². The van der Waals surface area contributed by atoms with Gasteiger partial charge in [0.15, 0.2) is 5.69 Å². The molecule has 2 N–H and O–H groups in total. The van der Waals surface area contributed by atoms with Crippen molar-refractivity contribution in [3.05, 3.63) is 70.7 Å². The lowest BCUT2D eigenvalue weighted by Crippen LogP contribution is -2.48. The van der Waals surface area contributed by atoms with E-state index in [9.17, 15) is 23.2 Å². The molecule has 14 heteroatoms. The molecule has 0 radical (unpaired) electrons. The molecule has 1 saturated heterocycles. The monoisotopic (exact) mass is 623 g/mol. The summed E-state index contributed by atoms with van der Waals surface area (Å²) in [7, 11) is 5.33. The van der Waals surface area contributed by atoms with Gasteiger partial charge in [-0.2, -0.15) is 13.9 Å². The number of carbonyl (C=O) groups excluding carboxylic acids is 3. The molecule has 45 heavy (non-hydrogen) atoms. The molecule has 2 aliphatic rings. The first-order chi connectivity index (χ1) is 21.3. The Kier molecular flexibility index (Phi) is 9.05. The standard InChI is InChI=1S/C31H39F2N9O3/c1-20-18-41(25-11-8-22(17-34-25)29(44)38(3)4)19-24-26(37-42(27(20)24)31(2,32)33)28(43)35-16-21-6-9-23(10-7-21)36-30(45)40-14-12-39(5)13-15-40/h6-11,17,20H,12-16,18-19H2,1-5H3,(H,35,43)(H,36,45)/t20-/m0/s1. The van der Waals surface area contributed by atoms with Crippen LogP contribution in [0.25, 0.3) is 0 Å². The van der Waals surface area contributed by atoms with Crippen LogP contribution in [0.2, 0.25) is 0 Å². The average molecular weight is 624 g/mol. The molecule has 5 rings (SSSR count). The number of nitrogens with zero attached hydrogens (tertiary/aromatic N) is 7. The van der Waals surface area contributed by atoms with E-state index in [4.69, 9.17) is 0 Å². The molecule has 2 aromatic heterocycles. The van der Waals surface area contributed by atoms with Gasteiger partial charge in [0.1, 0.15) is 5.82 Å². The number of urea groups is 1. The Morgan fingerprint density at radius 2 is 1.73 bits per heavy atom. The van der Waals surface area contributed by atoms with E-state index in [1.54, 1.807) is 55.4 Å². The van der Waals surface area contributed by atoms with Gasteiger partial charge in [-0.25, -0.2) is 14.5 Å². The highest BCUT2D eigenvalue weighted by Crippen LogP contribution is 2.36. The van der Waals surface area contributed by atoms with Gasteiger partial charge in [0.2, 0.25) is 0 Å². The highest BCUT2D eigenvalue weighted by molar-refractivity contribution is 5.95. The number of likely N-dealkylation sites (N-methyl/N-ethyl adjacent to an activating group) is 1. The maximum Gasteiger partial charge on any atom is 0.341 e. The van der Waals surface area contributed by atoms with Crippen molar-refractivity contribution in [2.45, 2.75) is 38.9 Å². The Hall–Kier alpha value is -4.59. The first kappa shape index (κ1) is 31.8. The highest BCUT2D eigenvalue weighted by Gasteiger charge is 2.39. The van der Waals surface area contributed by atoms with Gasteiger partial charge in [-0.3, -0.25) is 9.59 Å². The van der Waals surface area contributed by atoms with Crippen LogP contribution in [0, 0.1) is 0 Å². The molecule has 1 aromatic carbocycles. The van der Waals surface area contributed by atoms with Crippen LogP contribution in [0.4, 0.5) is 25.1 Å². The number of hydrogen-bond donors (Lipinski definition) is 2. The van der Waals surface area contributed by atoms with Crippen LogP contribution in [0.15, 0.2) is 42.6 Å². The Balaban J connectivity index is 1.29. The molecule has 4 heterocycles. The van der Waals surface area contributed by atoms with Crippen LogP contribution in [0.1, 0.15) is 57.4 Å². The zero-order valence-electron chi connectivity index (χ0n) is 26.2. The minimum atomic E-state index is -3.31. The fraction of sp³-hybridized carbons (Fsp3) is 0.452. The van der Waals surface area contributed by atoms with Gasteiger partial charge in [-0.15, -0.1) is 0 Å². The predicted octanol–water partition coefficient (Wildman–Crippen LogP) is 3.38. The molecule has 1 atom stereocenters. The molecule has 0 aliphatic carbocycles. The number of piperazine rings is 1.